The minimum Gasteiger partial charge on any atom is -0.444 e. The van der Waals surface area contributed by atoms with Crippen LogP contribution in [0.3, 0.4) is 0 Å². The molecule has 0 spiro atoms. The maximum absolute atomic E-state index is 15.6. The minimum atomic E-state index is -4.33. The van der Waals surface area contributed by atoms with Crippen LogP contribution in [-0.4, -0.2) is 102 Å². The zero-order chi connectivity index (χ0) is 36.9. The standard InChI is InChI=1S/C37H41F3N6O5S/c1-37(2,3)51-36(48)45-17-22(18-45)10-12-44-19-26(20-44)24-6-4-23(5-7-24)25-14-28-29(16-42-35(28)41-15-25)34(47)32-30(39)8-9-31(33(32)40)43-52(49,50)46-13-11-27(38)21-46/h4-9,14-16,22,26-27,43H,10-13,17-21H2,1-3H3,(H,41,42)/t27-/m1/s1. The van der Waals surface area contributed by atoms with Crippen molar-refractivity contribution in [1.29, 1.82) is 0 Å². The second-order valence-electron chi connectivity index (χ2n) is 14.9. The maximum atomic E-state index is 15.6. The number of ketones is 1. The number of aromatic nitrogens is 2. The number of hydrogen-bond donors (Lipinski definition) is 2. The van der Waals surface area contributed by atoms with Gasteiger partial charge in [0.15, 0.2) is 5.82 Å². The number of nitrogens with zero attached hydrogens (tertiary/aromatic N) is 4. The molecule has 52 heavy (non-hydrogen) atoms. The maximum Gasteiger partial charge on any atom is 0.410 e. The predicted octanol–water partition coefficient (Wildman–Crippen LogP) is 6.10. The molecule has 3 aliphatic rings. The van der Waals surface area contributed by atoms with Crippen LogP contribution in [-0.2, 0) is 14.9 Å². The molecule has 0 radical (unpaired) electrons. The van der Waals surface area contributed by atoms with Crippen LogP contribution in [0.4, 0.5) is 23.7 Å². The number of rotatable bonds is 10. The number of benzene rings is 2. The van der Waals surface area contributed by atoms with Gasteiger partial charge in [0, 0.05) is 74.1 Å². The van der Waals surface area contributed by atoms with E-state index in [-0.39, 0.29) is 31.2 Å². The number of nitrogens with one attached hydrogen (secondary N) is 2. The predicted molar refractivity (Wildman–Crippen MR) is 190 cm³/mol. The number of carbonyl (C=O) groups excluding carboxylic acids is 2. The first-order valence-electron chi connectivity index (χ1n) is 17.4. The number of H-pyrrole nitrogens is 1. The van der Waals surface area contributed by atoms with Crippen molar-refractivity contribution >= 4 is 38.8 Å². The van der Waals surface area contributed by atoms with Crippen molar-refractivity contribution in [3.8, 4) is 11.1 Å². The molecule has 2 aromatic heterocycles. The van der Waals surface area contributed by atoms with Gasteiger partial charge in [0.25, 0.3) is 0 Å². The summed E-state index contributed by atoms with van der Waals surface area (Å²) in [7, 11) is -4.33. The lowest BCUT2D eigenvalue weighted by atomic mass is 9.89. The number of alkyl halides is 1. The Labute approximate surface area is 300 Å². The molecule has 2 N–H and O–H groups in total. The number of carbonyl (C=O) groups is 2. The Kier molecular flexibility index (Phi) is 9.55. The molecule has 276 valence electrons. The smallest absolute Gasteiger partial charge is 0.410 e. The van der Waals surface area contributed by atoms with Crippen molar-refractivity contribution in [2.24, 2.45) is 5.92 Å². The Balaban J connectivity index is 0.982. The molecule has 0 saturated carbocycles. The van der Waals surface area contributed by atoms with E-state index in [1.807, 2.05) is 37.6 Å². The van der Waals surface area contributed by atoms with Crippen LogP contribution in [0.25, 0.3) is 22.2 Å². The summed E-state index contributed by atoms with van der Waals surface area (Å²) in [6.07, 6.45) is 2.43. The van der Waals surface area contributed by atoms with Gasteiger partial charge in [-0.3, -0.25) is 9.52 Å². The van der Waals surface area contributed by atoms with Crippen LogP contribution < -0.4 is 4.72 Å². The number of fused-ring (bicyclic) bond motifs is 1. The molecule has 15 heteroatoms. The van der Waals surface area contributed by atoms with Gasteiger partial charge >= 0.3 is 16.3 Å². The summed E-state index contributed by atoms with van der Waals surface area (Å²) in [5.41, 5.74) is 1.02. The van der Waals surface area contributed by atoms with Crippen LogP contribution in [0.1, 0.15) is 61.0 Å². The van der Waals surface area contributed by atoms with Crippen LogP contribution in [0.2, 0.25) is 0 Å². The molecule has 0 unspecified atom stereocenters. The fourth-order valence-corrected chi connectivity index (χ4v) is 8.21. The average molecular weight is 739 g/mol. The molecule has 2 aromatic carbocycles. The number of hydrogen-bond acceptors (Lipinski definition) is 7. The molecule has 3 aliphatic heterocycles. The first-order chi connectivity index (χ1) is 24.6. The summed E-state index contributed by atoms with van der Waals surface area (Å²) in [5.74, 6) is -2.63. The Morgan fingerprint density at radius 3 is 2.42 bits per heavy atom. The van der Waals surface area contributed by atoms with Crippen LogP contribution >= 0.6 is 0 Å². The van der Waals surface area contributed by atoms with Gasteiger partial charge in [-0.15, -0.1) is 0 Å². The zero-order valence-electron chi connectivity index (χ0n) is 29.2. The van der Waals surface area contributed by atoms with E-state index >= 15 is 8.78 Å². The fourth-order valence-electron chi connectivity index (χ4n) is 6.94. The quantitative estimate of drug-likeness (QED) is 0.189. The number of pyridine rings is 1. The van der Waals surface area contributed by atoms with Crippen molar-refractivity contribution in [2.75, 3.05) is 50.5 Å². The number of amides is 1. The van der Waals surface area contributed by atoms with E-state index in [0.717, 1.165) is 61.1 Å². The Bertz CT molecular complexity index is 2110. The normalized spacial score (nSPS) is 19.1. The van der Waals surface area contributed by atoms with Gasteiger partial charge in [-0.1, -0.05) is 24.3 Å². The molecule has 0 bridgehead atoms. The molecule has 1 atom stereocenters. The second-order valence-corrected chi connectivity index (χ2v) is 16.6. The van der Waals surface area contributed by atoms with Crippen molar-refractivity contribution < 1.29 is 35.9 Å². The lowest BCUT2D eigenvalue weighted by Gasteiger charge is -2.43. The first kappa shape index (κ1) is 35.9. The molecule has 5 heterocycles. The van der Waals surface area contributed by atoms with Gasteiger partial charge in [-0.25, -0.2) is 22.9 Å². The monoisotopic (exact) mass is 738 g/mol. The van der Waals surface area contributed by atoms with Gasteiger partial charge in [-0.2, -0.15) is 12.7 Å². The summed E-state index contributed by atoms with van der Waals surface area (Å²) in [6.45, 7) is 9.51. The van der Waals surface area contributed by atoms with E-state index in [2.05, 4.69) is 27.0 Å². The lowest BCUT2D eigenvalue weighted by Crippen LogP contribution is -2.53. The number of likely N-dealkylation sites (tertiary alicyclic amines) is 2. The van der Waals surface area contributed by atoms with Gasteiger partial charge in [0.2, 0.25) is 5.78 Å². The average Bonchev–Trinajstić information content (AvgIpc) is 3.68. The van der Waals surface area contributed by atoms with Crippen molar-refractivity contribution in [2.45, 2.75) is 51.3 Å². The number of halogens is 3. The molecule has 1 amide bonds. The highest BCUT2D eigenvalue weighted by molar-refractivity contribution is 7.90. The van der Waals surface area contributed by atoms with Crippen molar-refractivity contribution in [3.63, 3.8) is 0 Å². The highest BCUT2D eigenvalue weighted by atomic mass is 32.2. The fraction of sp³-hybridized carbons (Fsp3) is 0.432. The third-order valence-electron chi connectivity index (χ3n) is 9.90. The highest BCUT2D eigenvalue weighted by Crippen LogP contribution is 2.33. The van der Waals surface area contributed by atoms with E-state index in [1.54, 1.807) is 17.2 Å². The van der Waals surface area contributed by atoms with Crippen LogP contribution in [0, 0.1) is 17.6 Å². The van der Waals surface area contributed by atoms with E-state index in [0.29, 0.717) is 28.4 Å². The van der Waals surface area contributed by atoms with E-state index in [1.165, 1.54) is 11.8 Å². The largest absolute Gasteiger partial charge is 0.444 e. The Hall–Kier alpha value is -4.47. The second kappa shape index (κ2) is 13.8. The topological polar surface area (TPSA) is 128 Å². The molecule has 4 aromatic rings. The minimum absolute atomic E-state index is 0.0119. The van der Waals surface area contributed by atoms with Crippen LogP contribution in [0.5, 0.6) is 0 Å². The molecule has 7 rings (SSSR count). The SMILES string of the molecule is CC(C)(C)OC(=O)N1CC(CCN2CC(c3ccc(-c4cnc5[nH]cc(C(=O)c6c(F)ccc(NS(=O)(=O)N7CC[C@@H](F)C7)c6F)c5c4)cc3)C2)C1. The zero-order valence-corrected chi connectivity index (χ0v) is 30.0. The number of anilines is 1. The van der Waals surface area contributed by atoms with Gasteiger partial charge in [0.05, 0.1) is 11.3 Å². The molecular formula is C37H41F3N6O5S. The summed E-state index contributed by atoms with van der Waals surface area (Å²) in [6, 6.07) is 11.5. The third-order valence-corrected chi connectivity index (χ3v) is 11.4. The molecule has 3 fully saturated rings. The molecule has 3 saturated heterocycles. The van der Waals surface area contributed by atoms with Crippen LogP contribution in [0.15, 0.2) is 54.9 Å². The Morgan fingerprint density at radius 1 is 1.02 bits per heavy atom. The highest BCUT2D eigenvalue weighted by Gasteiger charge is 2.36. The van der Waals surface area contributed by atoms with Crippen molar-refractivity contribution in [1.82, 2.24) is 24.1 Å². The summed E-state index contributed by atoms with van der Waals surface area (Å²) in [5, 5.41) is 0.345. The van der Waals surface area contributed by atoms with Gasteiger partial charge in [0.1, 0.15) is 23.2 Å². The van der Waals surface area contributed by atoms with Crippen molar-refractivity contribution in [3.05, 3.63) is 83.2 Å². The summed E-state index contributed by atoms with van der Waals surface area (Å²) < 4.78 is 78.0. The summed E-state index contributed by atoms with van der Waals surface area (Å²) in [4.78, 5) is 37.3. The lowest BCUT2D eigenvalue weighted by molar-refractivity contribution is -0.00473. The van der Waals surface area contributed by atoms with Gasteiger partial charge in [-0.05, 0) is 75.4 Å². The van der Waals surface area contributed by atoms with E-state index in [4.69, 9.17) is 4.74 Å². The van der Waals surface area contributed by atoms with Gasteiger partial charge < -0.3 is 19.5 Å². The third kappa shape index (κ3) is 7.39. The van der Waals surface area contributed by atoms with E-state index < -0.39 is 50.7 Å². The summed E-state index contributed by atoms with van der Waals surface area (Å²) >= 11 is 0. The molecule has 0 aliphatic carbocycles. The van der Waals surface area contributed by atoms with E-state index in [9.17, 15) is 22.4 Å². The number of ether oxygens (including phenoxy) is 1. The first-order valence-corrected chi connectivity index (χ1v) is 18.8. The Morgan fingerprint density at radius 2 is 1.75 bits per heavy atom. The molecular weight excluding hydrogens is 698 g/mol. The molecule has 11 nitrogen and oxygen atoms in total. The number of aromatic amines is 1.